The van der Waals surface area contributed by atoms with E-state index in [4.69, 9.17) is 17.1 Å². The molecule has 126 valence electrons. The van der Waals surface area contributed by atoms with Crippen LogP contribution in [-0.2, 0) is 9.63 Å². The number of rotatable bonds is 7. The zero-order valence-electron chi connectivity index (χ0n) is 14.2. The van der Waals surface area contributed by atoms with E-state index in [1.165, 1.54) is 6.92 Å². The molecule has 0 aliphatic carbocycles. The van der Waals surface area contributed by atoms with Gasteiger partial charge in [0.15, 0.2) is 11.8 Å². The van der Waals surface area contributed by atoms with Crippen LogP contribution in [0.3, 0.4) is 0 Å². The van der Waals surface area contributed by atoms with Crippen LogP contribution in [0, 0.1) is 6.92 Å². The lowest BCUT2D eigenvalue weighted by molar-refractivity contribution is -0.118. The quantitative estimate of drug-likeness (QED) is 0.605. The standard InChI is InChI=1S/C19H22N2O2S/c1-4-23-21(17-8-6-5-7-9-17)18(15(3)22)19(24)20-16-12-10-14(2)11-13-16/h5-13,18H,4H2,1-3H3,(H,20,24). The van der Waals surface area contributed by atoms with Gasteiger partial charge in [-0.1, -0.05) is 48.1 Å². The predicted molar refractivity (Wildman–Crippen MR) is 102 cm³/mol. The number of carbonyl (C=O) groups excluding carboxylic acids is 1. The molecule has 2 aromatic carbocycles. The van der Waals surface area contributed by atoms with Crippen molar-refractivity contribution in [3.63, 3.8) is 0 Å². The normalized spacial score (nSPS) is 11.6. The second-order valence-corrected chi connectivity index (χ2v) is 5.89. The molecule has 0 spiro atoms. The fourth-order valence-electron chi connectivity index (χ4n) is 2.32. The van der Waals surface area contributed by atoms with Gasteiger partial charge >= 0.3 is 0 Å². The maximum Gasteiger partial charge on any atom is 0.164 e. The van der Waals surface area contributed by atoms with E-state index in [1.807, 2.05) is 68.4 Å². The largest absolute Gasteiger partial charge is 0.348 e. The highest BCUT2D eigenvalue weighted by atomic mass is 32.1. The molecule has 0 amide bonds. The zero-order valence-corrected chi connectivity index (χ0v) is 15.0. The number of para-hydroxylation sites is 1. The van der Waals surface area contributed by atoms with E-state index >= 15 is 0 Å². The van der Waals surface area contributed by atoms with Crippen LogP contribution in [0.2, 0.25) is 0 Å². The van der Waals surface area contributed by atoms with Crippen LogP contribution in [0.1, 0.15) is 19.4 Å². The Hall–Kier alpha value is -2.24. The lowest BCUT2D eigenvalue weighted by Crippen LogP contribution is -2.48. The number of nitrogens with one attached hydrogen (secondary N) is 1. The predicted octanol–water partition coefficient (Wildman–Crippen LogP) is 4.15. The molecule has 0 aliphatic rings. The Kier molecular flexibility index (Phi) is 6.46. The van der Waals surface area contributed by atoms with Gasteiger partial charge in [-0.2, -0.15) is 0 Å². The summed E-state index contributed by atoms with van der Waals surface area (Å²) < 4.78 is 0. The number of hydrogen-bond acceptors (Lipinski definition) is 4. The van der Waals surface area contributed by atoms with Crippen LogP contribution in [0.15, 0.2) is 54.6 Å². The average molecular weight is 342 g/mol. The Balaban J connectivity index is 2.26. The third kappa shape index (κ3) is 4.63. The molecule has 24 heavy (non-hydrogen) atoms. The summed E-state index contributed by atoms with van der Waals surface area (Å²) in [4.78, 5) is 18.4. The first-order chi connectivity index (χ1) is 11.5. The molecule has 0 aliphatic heterocycles. The number of aryl methyl sites for hydroxylation is 1. The fraction of sp³-hybridized carbons (Fsp3) is 0.263. The zero-order chi connectivity index (χ0) is 17.5. The molecular formula is C19H22N2O2S. The van der Waals surface area contributed by atoms with Gasteiger partial charge < -0.3 is 5.32 Å². The average Bonchev–Trinajstić information content (AvgIpc) is 2.57. The molecule has 0 aromatic heterocycles. The van der Waals surface area contributed by atoms with E-state index in [0.717, 1.165) is 16.9 Å². The van der Waals surface area contributed by atoms with Crippen LogP contribution < -0.4 is 10.4 Å². The first-order valence-electron chi connectivity index (χ1n) is 7.88. The van der Waals surface area contributed by atoms with E-state index in [9.17, 15) is 4.79 Å². The Bertz CT molecular complexity index is 686. The van der Waals surface area contributed by atoms with Crippen molar-refractivity contribution in [1.29, 1.82) is 0 Å². The van der Waals surface area contributed by atoms with Gasteiger partial charge in [0, 0.05) is 5.69 Å². The molecule has 2 rings (SSSR count). The van der Waals surface area contributed by atoms with Gasteiger partial charge in [-0.05, 0) is 45.0 Å². The number of benzene rings is 2. The SMILES string of the molecule is CCON(c1ccccc1)C(C(C)=O)C(=S)Nc1ccc(C)cc1. The van der Waals surface area contributed by atoms with Crippen LogP contribution in [0.5, 0.6) is 0 Å². The molecule has 4 nitrogen and oxygen atoms in total. The number of hydroxylamine groups is 1. The van der Waals surface area contributed by atoms with E-state index in [0.29, 0.717) is 11.6 Å². The van der Waals surface area contributed by atoms with Crippen LogP contribution in [0.4, 0.5) is 11.4 Å². The van der Waals surface area contributed by atoms with Crippen molar-refractivity contribution in [3.8, 4) is 0 Å². The second kappa shape index (κ2) is 8.57. The first-order valence-corrected chi connectivity index (χ1v) is 8.29. The Morgan fingerprint density at radius 2 is 1.79 bits per heavy atom. The molecule has 1 unspecified atom stereocenters. The summed E-state index contributed by atoms with van der Waals surface area (Å²) in [6, 6.07) is 16.7. The highest BCUT2D eigenvalue weighted by Crippen LogP contribution is 2.20. The molecule has 0 radical (unpaired) electrons. The summed E-state index contributed by atoms with van der Waals surface area (Å²) in [5.41, 5.74) is 2.80. The van der Waals surface area contributed by atoms with Crippen molar-refractivity contribution in [2.75, 3.05) is 17.0 Å². The van der Waals surface area contributed by atoms with Gasteiger partial charge in [0.2, 0.25) is 0 Å². The highest BCUT2D eigenvalue weighted by Gasteiger charge is 2.28. The molecule has 0 bridgehead atoms. The van der Waals surface area contributed by atoms with Crippen molar-refractivity contribution in [3.05, 3.63) is 60.2 Å². The molecular weight excluding hydrogens is 320 g/mol. The lowest BCUT2D eigenvalue weighted by Gasteiger charge is -2.31. The van der Waals surface area contributed by atoms with Crippen molar-refractivity contribution in [2.24, 2.45) is 0 Å². The summed E-state index contributed by atoms with van der Waals surface area (Å²) in [6.07, 6.45) is 0. The number of Topliss-reactive ketones (excluding diaryl/α,β-unsaturated/α-hetero) is 1. The van der Waals surface area contributed by atoms with Crippen molar-refractivity contribution in [1.82, 2.24) is 0 Å². The minimum Gasteiger partial charge on any atom is -0.348 e. The minimum absolute atomic E-state index is 0.0862. The van der Waals surface area contributed by atoms with Crippen molar-refractivity contribution < 1.29 is 9.63 Å². The monoisotopic (exact) mass is 342 g/mol. The van der Waals surface area contributed by atoms with Gasteiger partial charge in [0.1, 0.15) is 4.99 Å². The van der Waals surface area contributed by atoms with Gasteiger partial charge in [-0.3, -0.25) is 9.63 Å². The molecule has 0 heterocycles. The minimum atomic E-state index is -0.691. The summed E-state index contributed by atoms with van der Waals surface area (Å²) in [5, 5.41) is 4.72. The number of thiocarbonyl (C=S) groups is 1. The summed E-state index contributed by atoms with van der Waals surface area (Å²) in [7, 11) is 0. The van der Waals surface area contributed by atoms with E-state index < -0.39 is 6.04 Å². The van der Waals surface area contributed by atoms with Gasteiger partial charge in [-0.15, -0.1) is 0 Å². The highest BCUT2D eigenvalue weighted by molar-refractivity contribution is 7.80. The number of anilines is 2. The van der Waals surface area contributed by atoms with E-state index in [-0.39, 0.29) is 5.78 Å². The molecule has 1 N–H and O–H groups in total. The molecule has 0 saturated heterocycles. The molecule has 0 saturated carbocycles. The third-order valence-electron chi connectivity index (χ3n) is 3.47. The molecule has 0 fully saturated rings. The lowest BCUT2D eigenvalue weighted by atomic mass is 10.1. The summed E-state index contributed by atoms with van der Waals surface area (Å²) in [6.45, 7) is 5.85. The van der Waals surface area contributed by atoms with E-state index in [1.54, 1.807) is 5.06 Å². The van der Waals surface area contributed by atoms with Gasteiger partial charge in [0.05, 0.1) is 12.3 Å². The Morgan fingerprint density at radius 1 is 1.17 bits per heavy atom. The number of ketones is 1. The first kappa shape index (κ1) is 18.1. The Morgan fingerprint density at radius 3 is 2.33 bits per heavy atom. The van der Waals surface area contributed by atoms with Gasteiger partial charge in [-0.25, -0.2) is 5.06 Å². The number of nitrogens with zero attached hydrogens (tertiary/aromatic N) is 1. The fourth-order valence-corrected chi connectivity index (χ4v) is 2.70. The maximum absolute atomic E-state index is 12.3. The topological polar surface area (TPSA) is 41.6 Å². The second-order valence-electron chi connectivity index (χ2n) is 5.45. The van der Waals surface area contributed by atoms with Crippen LogP contribution >= 0.6 is 12.2 Å². The van der Waals surface area contributed by atoms with Crippen LogP contribution in [0.25, 0.3) is 0 Å². The molecule has 1 atom stereocenters. The molecule has 5 heteroatoms. The van der Waals surface area contributed by atoms with Crippen LogP contribution in [-0.4, -0.2) is 23.4 Å². The number of hydrogen-bond donors (Lipinski definition) is 1. The summed E-state index contributed by atoms with van der Waals surface area (Å²) >= 11 is 5.50. The van der Waals surface area contributed by atoms with Crippen molar-refractivity contribution >= 4 is 34.4 Å². The van der Waals surface area contributed by atoms with E-state index in [2.05, 4.69) is 5.32 Å². The smallest absolute Gasteiger partial charge is 0.164 e. The molecule has 2 aromatic rings. The van der Waals surface area contributed by atoms with Gasteiger partial charge in [0.25, 0.3) is 0 Å². The summed E-state index contributed by atoms with van der Waals surface area (Å²) in [5.74, 6) is -0.0862. The Labute approximate surface area is 148 Å². The number of carbonyl (C=O) groups is 1. The maximum atomic E-state index is 12.3. The third-order valence-corrected chi connectivity index (χ3v) is 3.79. The van der Waals surface area contributed by atoms with Crippen molar-refractivity contribution in [2.45, 2.75) is 26.8 Å².